The summed E-state index contributed by atoms with van der Waals surface area (Å²) in [7, 11) is -1.88. The van der Waals surface area contributed by atoms with E-state index in [0.29, 0.717) is 36.5 Å². The van der Waals surface area contributed by atoms with E-state index in [1.807, 2.05) is 23.2 Å². The number of H-pyrrole nitrogens is 1. The number of nitrogens with one attached hydrogen (secondary N) is 1. The van der Waals surface area contributed by atoms with E-state index in [1.165, 1.54) is 22.5 Å². The normalized spacial score (nSPS) is 19.7. The van der Waals surface area contributed by atoms with Crippen molar-refractivity contribution in [1.82, 2.24) is 24.4 Å². The summed E-state index contributed by atoms with van der Waals surface area (Å²) < 4.78 is 41.7. The van der Waals surface area contributed by atoms with Crippen LogP contribution < -0.4 is 5.01 Å². The molecule has 11 heteroatoms. The van der Waals surface area contributed by atoms with Crippen molar-refractivity contribution < 1.29 is 17.6 Å². The van der Waals surface area contributed by atoms with E-state index >= 15 is 0 Å². The number of sulfonamides is 1. The standard InChI is InChI=1S/C25H29FN6O3S/c1-18-16-30(14-13-29(18)2)32(25(33)19-7-4-3-5-8-19)24-22-17-31(12-11-23(22)27-28-24)36(34,35)21-10-6-9-20(26)15-21/h3-10,15,18H,11-14,16-17H2,1-2H3,(H,27,28). The Morgan fingerprint density at radius 1 is 1.11 bits per heavy atom. The maximum Gasteiger partial charge on any atom is 0.274 e. The number of rotatable bonds is 5. The van der Waals surface area contributed by atoms with Crippen molar-refractivity contribution in [3.8, 4) is 0 Å². The Balaban J connectivity index is 1.52. The van der Waals surface area contributed by atoms with E-state index in [2.05, 4.69) is 29.1 Å². The van der Waals surface area contributed by atoms with Crippen LogP contribution in [0.5, 0.6) is 0 Å². The molecule has 3 heterocycles. The van der Waals surface area contributed by atoms with Gasteiger partial charge in [-0.25, -0.2) is 22.8 Å². The van der Waals surface area contributed by atoms with Crippen molar-refractivity contribution in [3.63, 3.8) is 0 Å². The van der Waals surface area contributed by atoms with Crippen LogP contribution in [0.25, 0.3) is 0 Å². The number of carbonyl (C=O) groups is 1. The van der Waals surface area contributed by atoms with Crippen molar-refractivity contribution in [2.75, 3.05) is 38.2 Å². The minimum absolute atomic E-state index is 0.0296. The number of fused-ring (bicyclic) bond motifs is 1. The van der Waals surface area contributed by atoms with Gasteiger partial charge in [-0.15, -0.1) is 0 Å². The maximum atomic E-state index is 13.8. The van der Waals surface area contributed by atoms with Crippen LogP contribution in [0.3, 0.4) is 0 Å². The minimum Gasteiger partial charge on any atom is -0.301 e. The average molecular weight is 513 g/mol. The fourth-order valence-corrected chi connectivity index (χ4v) is 6.13. The van der Waals surface area contributed by atoms with Crippen molar-refractivity contribution in [3.05, 3.63) is 77.2 Å². The summed E-state index contributed by atoms with van der Waals surface area (Å²) in [6.45, 7) is 4.36. The molecule has 1 fully saturated rings. The number of piperazine rings is 1. The molecule has 1 aromatic heterocycles. The first kappa shape index (κ1) is 24.6. The van der Waals surface area contributed by atoms with Crippen LogP contribution in [0, 0.1) is 5.82 Å². The number of hydrogen-bond acceptors (Lipinski definition) is 6. The number of likely N-dealkylation sites (N-methyl/N-ethyl adjacent to an activating group) is 1. The van der Waals surface area contributed by atoms with E-state index in [4.69, 9.17) is 0 Å². The molecule has 0 saturated carbocycles. The molecule has 0 bridgehead atoms. The first-order chi connectivity index (χ1) is 17.3. The number of aromatic nitrogens is 2. The molecular formula is C25H29FN6O3S. The highest BCUT2D eigenvalue weighted by molar-refractivity contribution is 7.89. The predicted octanol–water partition coefficient (Wildman–Crippen LogP) is 2.49. The Bertz CT molecular complexity index is 1360. The topological polar surface area (TPSA) is 92.8 Å². The van der Waals surface area contributed by atoms with E-state index in [1.54, 1.807) is 17.1 Å². The van der Waals surface area contributed by atoms with E-state index in [9.17, 15) is 17.6 Å². The molecule has 2 aliphatic heterocycles. The van der Waals surface area contributed by atoms with Gasteiger partial charge >= 0.3 is 0 Å². The van der Waals surface area contributed by atoms with Gasteiger partial charge in [0.1, 0.15) is 5.82 Å². The number of hydrazine groups is 1. The van der Waals surface area contributed by atoms with Crippen molar-refractivity contribution >= 4 is 21.7 Å². The minimum atomic E-state index is -3.93. The Kier molecular flexibility index (Phi) is 6.64. The van der Waals surface area contributed by atoms with Gasteiger partial charge in [-0.2, -0.15) is 9.40 Å². The number of carbonyl (C=O) groups excluding carboxylic acids is 1. The molecule has 36 heavy (non-hydrogen) atoms. The average Bonchev–Trinajstić information content (AvgIpc) is 3.30. The van der Waals surface area contributed by atoms with Crippen LogP contribution in [-0.2, 0) is 23.0 Å². The van der Waals surface area contributed by atoms with Crippen LogP contribution in [0.15, 0.2) is 59.5 Å². The highest BCUT2D eigenvalue weighted by Gasteiger charge is 2.37. The van der Waals surface area contributed by atoms with E-state index < -0.39 is 15.8 Å². The highest BCUT2D eigenvalue weighted by Crippen LogP contribution is 2.32. The maximum absolute atomic E-state index is 13.8. The fraction of sp³-hybridized carbons (Fsp3) is 0.360. The lowest BCUT2D eigenvalue weighted by Gasteiger charge is -2.42. The second-order valence-corrected chi connectivity index (χ2v) is 11.2. The summed E-state index contributed by atoms with van der Waals surface area (Å²) in [6, 6.07) is 14.2. The molecule has 5 rings (SSSR count). The van der Waals surface area contributed by atoms with Gasteiger partial charge in [0.15, 0.2) is 5.82 Å². The van der Waals surface area contributed by atoms with E-state index in [0.717, 1.165) is 18.3 Å². The molecule has 9 nitrogen and oxygen atoms in total. The third-order valence-corrected chi connectivity index (χ3v) is 8.79. The number of aromatic amines is 1. The van der Waals surface area contributed by atoms with Crippen LogP contribution in [0.4, 0.5) is 10.2 Å². The van der Waals surface area contributed by atoms with Crippen molar-refractivity contribution in [2.45, 2.75) is 30.8 Å². The molecule has 1 saturated heterocycles. The van der Waals surface area contributed by atoms with Crippen molar-refractivity contribution in [2.24, 2.45) is 0 Å². The van der Waals surface area contributed by atoms with Gasteiger partial charge in [0, 0.05) is 62.0 Å². The van der Waals surface area contributed by atoms with Crippen LogP contribution in [0.1, 0.15) is 28.5 Å². The lowest BCUT2D eigenvalue weighted by atomic mass is 10.1. The monoisotopic (exact) mass is 512 g/mol. The zero-order valence-corrected chi connectivity index (χ0v) is 21.1. The largest absolute Gasteiger partial charge is 0.301 e. The predicted molar refractivity (Wildman–Crippen MR) is 133 cm³/mol. The molecule has 3 aromatic rings. The molecule has 0 spiro atoms. The summed E-state index contributed by atoms with van der Waals surface area (Å²) in [4.78, 5) is 15.9. The fourth-order valence-electron chi connectivity index (χ4n) is 4.68. The Hall–Kier alpha value is -3.12. The van der Waals surface area contributed by atoms with E-state index in [-0.39, 0.29) is 29.9 Å². The molecule has 0 radical (unpaired) electrons. The summed E-state index contributed by atoms with van der Waals surface area (Å²) in [6.07, 6.45) is 0.406. The van der Waals surface area contributed by atoms with Crippen molar-refractivity contribution in [1.29, 1.82) is 0 Å². The van der Waals surface area contributed by atoms with Gasteiger partial charge in [0.05, 0.1) is 4.90 Å². The van der Waals surface area contributed by atoms with Gasteiger partial charge in [0.2, 0.25) is 10.0 Å². The molecule has 190 valence electrons. The number of halogens is 1. The number of nitrogens with zero attached hydrogens (tertiary/aromatic N) is 5. The van der Waals surface area contributed by atoms with Gasteiger partial charge in [-0.3, -0.25) is 9.89 Å². The lowest BCUT2D eigenvalue weighted by Crippen LogP contribution is -2.58. The molecule has 1 atom stereocenters. The Morgan fingerprint density at radius 3 is 2.61 bits per heavy atom. The second kappa shape index (κ2) is 9.74. The molecule has 2 aliphatic rings. The number of hydrogen-bond donors (Lipinski definition) is 1. The first-order valence-electron chi connectivity index (χ1n) is 11.9. The van der Waals surface area contributed by atoms with Gasteiger partial charge in [-0.05, 0) is 44.3 Å². The number of anilines is 1. The highest BCUT2D eigenvalue weighted by atomic mass is 32.2. The molecule has 1 N–H and O–H groups in total. The number of benzene rings is 2. The third kappa shape index (κ3) is 4.55. The Morgan fingerprint density at radius 2 is 1.89 bits per heavy atom. The van der Waals surface area contributed by atoms with Gasteiger partial charge in [-0.1, -0.05) is 24.3 Å². The summed E-state index contributed by atoms with van der Waals surface area (Å²) >= 11 is 0. The second-order valence-electron chi connectivity index (χ2n) is 9.28. The first-order valence-corrected chi connectivity index (χ1v) is 13.4. The third-order valence-electron chi connectivity index (χ3n) is 6.95. The zero-order valence-electron chi connectivity index (χ0n) is 20.3. The smallest absolute Gasteiger partial charge is 0.274 e. The molecule has 2 aromatic carbocycles. The molecular weight excluding hydrogens is 483 g/mol. The van der Waals surface area contributed by atoms with Crippen LogP contribution >= 0.6 is 0 Å². The van der Waals surface area contributed by atoms with Gasteiger partial charge in [0.25, 0.3) is 5.91 Å². The summed E-state index contributed by atoms with van der Waals surface area (Å²) in [5.41, 5.74) is 1.96. The zero-order chi connectivity index (χ0) is 25.4. The SMILES string of the molecule is CC1CN(N(C(=O)c2ccccc2)c2n[nH]c3c2CN(S(=O)(=O)c2cccc(F)c2)CC3)CCN1C. The Labute approximate surface area is 210 Å². The quantitative estimate of drug-likeness (QED) is 0.565. The summed E-state index contributed by atoms with van der Waals surface area (Å²) in [5.74, 6) is -0.442. The molecule has 1 amide bonds. The van der Waals surface area contributed by atoms with Crippen LogP contribution in [-0.4, -0.2) is 78.0 Å². The summed E-state index contributed by atoms with van der Waals surface area (Å²) in [5, 5.41) is 11.1. The lowest BCUT2D eigenvalue weighted by molar-refractivity contribution is 0.0703. The van der Waals surface area contributed by atoms with Crippen LogP contribution in [0.2, 0.25) is 0 Å². The van der Waals surface area contributed by atoms with Gasteiger partial charge < -0.3 is 4.90 Å². The molecule has 0 aliphatic carbocycles. The number of amides is 1. The molecule has 1 unspecified atom stereocenters.